The smallest absolute Gasteiger partial charge is 0.203 e. The molecule has 2 saturated heterocycles. The number of hydrogen-bond donors (Lipinski definition) is 0. The van der Waals surface area contributed by atoms with Crippen LogP contribution in [0.5, 0.6) is 0 Å². The maximum atomic E-state index is 4.58. The fourth-order valence-corrected chi connectivity index (χ4v) is 4.24. The van der Waals surface area contributed by atoms with Crippen molar-refractivity contribution < 1.29 is 0 Å². The molecule has 7 heteroatoms. The molecule has 6 nitrogen and oxygen atoms in total. The van der Waals surface area contributed by atoms with Gasteiger partial charge in [-0.2, -0.15) is 0 Å². The van der Waals surface area contributed by atoms with Crippen LogP contribution in [-0.4, -0.2) is 49.7 Å². The van der Waals surface area contributed by atoms with Crippen LogP contribution in [0.25, 0.3) is 5.65 Å². The molecule has 0 amide bonds. The Morgan fingerprint density at radius 1 is 1.12 bits per heavy atom. The molecular formula is C17H17BrN6. The van der Waals surface area contributed by atoms with Gasteiger partial charge in [-0.25, -0.2) is 4.98 Å². The zero-order chi connectivity index (χ0) is 16.1. The predicted octanol–water partition coefficient (Wildman–Crippen LogP) is 2.35. The molecule has 0 saturated carbocycles. The monoisotopic (exact) mass is 384 g/mol. The molecule has 2 aromatic heterocycles. The standard InChI is InChI=1S/C17H17BrN6/c18-13-3-1-12(2-4-13)8-23-9-15-7-14(23)10-24(15)16-17-21-20-11-22(17)6-5-19-16/h1-6,11,14-15H,7-10H2. The molecule has 0 aliphatic carbocycles. The molecule has 2 aliphatic heterocycles. The second-order valence-electron chi connectivity index (χ2n) is 6.56. The van der Waals surface area contributed by atoms with Gasteiger partial charge in [0.15, 0.2) is 5.82 Å². The third-order valence-corrected chi connectivity index (χ3v) is 5.65. The first-order valence-electron chi connectivity index (χ1n) is 8.17. The quantitative estimate of drug-likeness (QED) is 0.693. The first-order chi connectivity index (χ1) is 11.8. The van der Waals surface area contributed by atoms with Crippen LogP contribution in [0.15, 0.2) is 47.5 Å². The van der Waals surface area contributed by atoms with E-state index < -0.39 is 0 Å². The van der Waals surface area contributed by atoms with E-state index in [2.05, 4.69) is 65.2 Å². The van der Waals surface area contributed by atoms with Crippen LogP contribution in [0.2, 0.25) is 0 Å². The van der Waals surface area contributed by atoms with Gasteiger partial charge in [0.05, 0.1) is 0 Å². The Morgan fingerprint density at radius 3 is 2.79 bits per heavy atom. The lowest BCUT2D eigenvalue weighted by Crippen LogP contribution is -2.46. The number of piperazine rings is 1. The number of rotatable bonds is 3. The van der Waals surface area contributed by atoms with E-state index in [1.807, 2.05) is 16.8 Å². The minimum absolute atomic E-state index is 0.515. The Balaban J connectivity index is 1.35. The van der Waals surface area contributed by atoms with Crippen LogP contribution in [-0.2, 0) is 6.54 Å². The SMILES string of the molecule is Brc1ccc(CN2CC3CC2CN3c2nccn3cnnc23)cc1. The molecule has 2 unspecified atom stereocenters. The van der Waals surface area contributed by atoms with Crippen LogP contribution < -0.4 is 4.90 Å². The normalized spacial score (nSPS) is 23.5. The summed E-state index contributed by atoms with van der Waals surface area (Å²) in [6, 6.07) is 9.74. The van der Waals surface area contributed by atoms with Gasteiger partial charge in [-0.3, -0.25) is 9.30 Å². The van der Waals surface area contributed by atoms with Crippen LogP contribution >= 0.6 is 15.9 Å². The lowest BCUT2D eigenvalue weighted by molar-refractivity contribution is 0.230. The minimum Gasteiger partial charge on any atom is -0.348 e. The number of halogens is 1. The molecule has 2 atom stereocenters. The fraction of sp³-hybridized carbons (Fsp3) is 0.353. The van der Waals surface area contributed by atoms with E-state index in [0.717, 1.165) is 35.6 Å². The second kappa shape index (κ2) is 5.53. The van der Waals surface area contributed by atoms with Crippen LogP contribution in [0.4, 0.5) is 5.82 Å². The molecule has 0 N–H and O–H groups in total. The van der Waals surface area contributed by atoms with E-state index in [1.54, 1.807) is 6.33 Å². The van der Waals surface area contributed by atoms with Crippen LogP contribution in [0.1, 0.15) is 12.0 Å². The van der Waals surface area contributed by atoms with Gasteiger partial charge in [0.25, 0.3) is 0 Å². The van der Waals surface area contributed by atoms with Gasteiger partial charge >= 0.3 is 0 Å². The maximum Gasteiger partial charge on any atom is 0.203 e. The summed E-state index contributed by atoms with van der Waals surface area (Å²) in [6.07, 6.45) is 6.66. The zero-order valence-corrected chi connectivity index (χ0v) is 14.7. The number of benzene rings is 1. The molecular weight excluding hydrogens is 368 g/mol. The van der Waals surface area contributed by atoms with E-state index in [9.17, 15) is 0 Å². The van der Waals surface area contributed by atoms with Crippen molar-refractivity contribution in [1.82, 2.24) is 24.5 Å². The molecule has 0 spiro atoms. The van der Waals surface area contributed by atoms with Crippen molar-refractivity contribution in [3.05, 3.63) is 53.0 Å². The summed E-state index contributed by atoms with van der Waals surface area (Å²) in [5.74, 6) is 0.964. The Morgan fingerprint density at radius 2 is 2.00 bits per heavy atom. The minimum atomic E-state index is 0.515. The van der Waals surface area contributed by atoms with Crippen molar-refractivity contribution >= 4 is 27.4 Å². The Labute approximate surface area is 148 Å². The number of fused-ring (bicyclic) bond motifs is 3. The highest BCUT2D eigenvalue weighted by Crippen LogP contribution is 2.35. The highest BCUT2D eigenvalue weighted by atomic mass is 79.9. The average molecular weight is 385 g/mol. The third-order valence-electron chi connectivity index (χ3n) is 5.12. The molecule has 3 aromatic rings. The van der Waals surface area contributed by atoms with Gasteiger partial charge in [-0.1, -0.05) is 28.1 Å². The first-order valence-corrected chi connectivity index (χ1v) is 8.97. The summed E-state index contributed by atoms with van der Waals surface area (Å²) in [4.78, 5) is 9.58. The summed E-state index contributed by atoms with van der Waals surface area (Å²) in [7, 11) is 0. The summed E-state index contributed by atoms with van der Waals surface area (Å²) in [5, 5.41) is 8.24. The molecule has 0 radical (unpaired) electrons. The van der Waals surface area contributed by atoms with Crippen molar-refractivity contribution in [2.24, 2.45) is 0 Å². The van der Waals surface area contributed by atoms with Gasteiger partial charge < -0.3 is 4.90 Å². The van der Waals surface area contributed by atoms with Gasteiger partial charge in [0.2, 0.25) is 5.65 Å². The second-order valence-corrected chi connectivity index (χ2v) is 7.48. The summed E-state index contributed by atoms with van der Waals surface area (Å²) >= 11 is 3.50. The van der Waals surface area contributed by atoms with Gasteiger partial charge in [-0.15, -0.1) is 10.2 Å². The van der Waals surface area contributed by atoms with E-state index in [1.165, 1.54) is 12.0 Å². The third kappa shape index (κ3) is 2.31. The Hall–Kier alpha value is -1.99. The Bertz CT molecular complexity index is 876. The molecule has 4 heterocycles. The average Bonchev–Trinajstić information content (AvgIpc) is 3.31. The largest absolute Gasteiger partial charge is 0.348 e. The van der Waals surface area contributed by atoms with Crippen LogP contribution in [0, 0.1) is 0 Å². The summed E-state index contributed by atoms with van der Waals surface area (Å²) < 4.78 is 3.07. The molecule has 5 rings (SSSR count). The summed E-state index contributed by atoms with van der Waals surface area (Å²) in [6.45, 7) is 3.11. The van der Waals surface area contributed by atoms with Gasteiger partial charge in [0.1, 0.15) is 6.33 Å². The van der Waals surface area contributed by atoms with Gasteiger partial charge in [-0.05, 0) is 24.1 Å². The van der Waals surface area contributed by atoms with E-state index in [-0.39, 0.29) is 0 Å². The van der Waals surface area contributed by atoms with E-state index in [0.29, 0.717) is 12.1 Å². The highest BCUT2D eigenvalue weighted by Gasteiger charge is 2.44. The van der Waals surface area contributed by atoms with Crippen molar-refractivity contribution in [2.45, 2.75) is 25.0 Å². The molecule has 2 fully saturated rings. The van der Waals surface area contributed by atoms with Crippen molar-refractivity contribution in [2.75, 3.05) is 18.0 Å². The predicted molar refractivity (Wildman–Crippen MR) is 94.9 cm³/mol. The zero-order valence-electron chi connectivity index (χ0n) is 13.1. The molecule has 1 aromatic carbocycles. The lowest BCUT2D eigenvalue weighted by atomic mass is 10.2. The number of nitrogens with zero attached hydrogens (tertiary/aromatic N) is 6. The number of hydrogen-bond acceptors (Lipinski definition) is 5. The molecule has 24 heavy (non-hydrogen) atoms. The molecule has 122 valence electrons. The van der Waals surface area contributed by atoms with Crippen LogP contribution in [0.3, 0.4) is 0 Å². The number of aromatic nitrogens is 4. The Kier molecular flexibility index (Phi) is 3.31. The molecule has 2 aliphatic rings. The first kappa shape index (κ1) is 14.4. The van der Waals surface area contributed by atoms with Gasteiger partial charge in [0, 0.05) is 48.6 Å². The fourth-order valence-electron chi connectivity index (χ4n) is 3.97. The molecule has 2 bridgehead atoms. The van der Waals surface area contributed by atoms with Crippen molar-refractivity contribution in [3.63, 3.8) is 0 Å². The van der Waals surface area contributed by atoms with Crippen molar-refractivity contribution in [3.8, 4) is 0 Å². The lowest BCUT2D eigenvalue weighted by Gasteiger charge is -2.34. The highest BCUT2D eigenvalue weighted by molar-refractivity contribution is 9.10. The van der Waals surface area contributed by atoms with E-state index in [4.69, 9.17) is 0 Å². The topological polar surface area (TPSA) is 49.6 Å². The maximum absolute atomic E-state index is 4.58. The van der Waals surface area contributed by atoms with Crippen molar-refractivity contribution in [1.29, 1.82) is 0 Å². The number of anilines is 1. The van der Waals surface area contributed by atoms with E-state index >= 15 is 0 Å². The number of likely N-dealkylation sites (tertiary alicyclic amines) is 1. The summed E-state index contributed by atoms with van der Waals surface area (Å²) in [5.41, 5.74) is 2.22.